The third-order valence-electron chi connectivity index (χ3n) is 6.01. The number of rotatable bonds is 8. The number of phenols is 1. The largest absolute Gasteiger partial charge is 0.508 e. The Morgan fingerprint density at radius 1 is 0.902 bits per heavy atom. The lowest BCUT2D eigenvalue weighted by atomic mass is 10.1. The molecule has 0 radical (unpaired) electrons. The SMILES string of the molecule is O=C(Nc1ccc(SCc2cc3ccc(O)cc3oc2=O)cc1)/C(=C/c1ccc(F)cc1)NC(=O)c1ccccc1. The fourth-order valence-electron chi connectivity index (χ4n) is 3.91. The third-order valence-corrected chi connectivity index (χ3v) is 7.07. The van der Waals surface area contributed by atoms with Gasteiger partial charge in [0.05, 0.1) is 0 Å². The second-order valence-electron chi connectivity index (χ2n) is 8.98. The highest BCUT2D eigenvalue weighted by Gasteiger charge is 2.15. The second kappa shape index (κ2) is 12.4. The summed E-state index contributed by atoms with van der Waals surface area (Å²) in [6.07, 6.45) is 1.47. The van der Waals surface area contributed by atoms with E-state index < -0.39 is 23.3 Å². The van der Waals surface area contributed by atoms with Crippen LogP contribution in [0.15, 0.2) is 123 Å². The Balaban J connectivity index is 1.28. The Morgan fingerprint density at radius 3 is 2.37 bits per heavy atom. The first-order chi connectivity index (χ1) is 19.8. The van der Waals surface area contributed by atoms with Crippen LogP contribution in [0.4, 0.5) is 10.1 Å². The van der Waals surface area contributed by atoms with Crippen LogP contribution in [0.2, 0.25) is 0 Å². The number of aromatic hydroxyl groups is 1. The van der Waals surface area contributed by atoms with Crippen LogP contribution in [-0.4, -0.2) is 16.9 Å². The molecule has 41 heavy (non-hydrogen) atoms. The van der Waals surface area contributed by atoms with Gasteiger partial charge in [0.2, 0.25) is 0 Å². The Hall–Kier alpha value is -5.15. The van der Waals surface area contributed by atoms with Gasteiger partial charge in [-0.2, -0.15) is 0 Å². The number of hydrogen-bond acceptors (Lipinski definition) is 6. The molecule has 5 rings (SSSR count). The topological polar surface area (TPSA) is 109 Å². The average Bonchev–Trinajstić information content (AvgIpc) is 2.98. The lowest BCUT2D eigenvalue weighted by molar-refractivity contribution is -0.113. The van der Waals surface area contributed by atoms with E-state index in [9.17, 15) is 23.9 Å². The highest BCUT2D eigenvalue weighted by molar-refractivity contribution is 7.98. The summed E-state index contributed by atoms with van der Waals surface area (Å²) in [5.74, 6) is -1.05. The average molecular weight is 567 g/mol. The molecule has 9 heteroatoms. The molecule has 0 fully saturated rings. The van der Waals surface area contributed by atoms with E-state index in [0.29, 0.717) is 39.1 Å². The molecule has 5 aromatic rings. The van der Waals surface area contributed by atoms with Gasteiger partial charge in [0, 0.05) is 38.9 Å². The monoisotopic (exact) mass is 566 g/mol. The van der Waals surface area contributed by atoms with E-state index in [2.05, 4.69) is 10.6 Å². The molecule has 0 aliphatic heterocycles. The van der Waals surface area contributed by atoms with Crippen LogP contribution in [0, 0.1) is 5.82 Å². The van der Waals surface area contributed by atoms with Crippen molar-refractivity contribution in [1.29, 1.82) is 0 Å². The van der Waals surface area contributed by atoms with Crippen LogP contribution in [0.1, 0.15) is 21.5 Å². The van der Waals surface area contributed by atoms with E-state index in [1.165, 1.54) is 54.2 Å². The highest BCUT2D eigenvalue weighted by atomic mass is 32.2. The predicted octanol–water partition coefficient (Wildman–Crippen LogP) is 6.34. The van der Waals surface area contributed by atoms with Gasteiger partial charge in [-0.05, 0) is 78.4 Å². The third kappa shape index (κ3) is 7.09. The summed E-state index contributed by atoms with van der Waals surface area (Å²) < 4.78 is 18.7. The number of fused-ring (bicyclic) bond motifs is 1. The number of carbonyl (C=O) groups is 2. The quantitative estimate of drug-likeness (QED) is 0.115. The number of benzene rings is 4. The number of hydrogen-bond donors (Lipinski definition) is 3. The van der Waals surface area contributed by atoms with E-state index >= 15 is 0 Å². The predicted molar refractivity (Wildman–Crippen MR) is 157 cm³/mol. The molecule has 1 aromatic heterocycles. The van der Waals surface area contributed by atoms with Crippen LogP contribution in [0.25, 0.3) is 17.0 Å². The zero-order valence-corrected chi connectivity index (χ0v) is 22.3. The van der Waals surface area contributed by atoms with E-state index in [4.69, 9.17) is 4.42 Å². The van der Waals surface area contributed by atoms with Gasteiger partial charge >= 0.3 is 5.63 Å². The molecule has 2 amide bonds. The smallest absolute Gasteiger partial charge is 0.340 e. The number of thioether (sulfide) groups is 1. The van der Waals surface area contributed by atoms with Crippen LogP contribution in [-0.2, 0) is 10.5 Å². The van der Waals surface area contributed by atoms with Gasteiger partial charge in [-0.3, -0.25) is 9.59 Å². The van der Waals surface area contributed by atoms with E-state index in [1.54, 1.807) is 66.7 Å². The molecule has 0 saturated heterocycles. The minimum absolute atomic E-state index is 0.0136. The number of nitrogens with one attached hydrogen (secondary N) is 2. The van der Waals surface area contributed by atoms with Crippen LogP contribution in [0.3, 0.4) is 0 Å². The molecule has 0 spiro atoms. The lowest BCUT2D eigenvalue weighted by Gasteiger charge is -2.12. The molecular weight excluding hydrogens is 543 g/mol. The number of halogens is 1. The fourth-order valence-corrected chi connectivity index (χ4v) is 4.76. The van der Waals surface area contributed by atoms with Gasteiger partial charge in [0.25, 0.3) is 11.8 Å². The van der Waals surface area contributed by atoms with Crippen molar-refractivity contribution in [3.63, 3.8) is 0 Å². The number of carbonyl (C=O) groups excluding carboxylic acids is 2. The lowest BCUT2D eigenvalue weighted by Crippen LogP contribution is -2.30. The molecule has 0 aliphatic rings. The fraction of sp³-hybridized carbons (Fsp3) is 0.0312. The Bertz CT molecular complexity index is 1800. The Morgan fingerprint density at radius 2 is 1.63 bits per heavy atom. The van der Waals surface area contributed by atoms with Gasteiger partial charge < -0.3 is 20.2 Å². The van der Waals surface area contributed by atoms with Gasteiger partial charge in [0.1, 0.15) is 22.8 Å². The van der Waals surface area contributed by atoms with Gasteiger partial charge in [0.15, 0.2) is 0 Å². The first kappa shape index (κ1) is 27.4. The molecule has 7 nitrogen and oxygen atoms in total. The molecule has 0 bridgehead atoms. The maximum atomic E-state index is 13.4. The van der Waals surface area contributed by atoms with E-state index in [-0.39, 0.29) is 11.4 Å². The molecule has 0 saturated carbocycles. The number of phenolic OH excluding ortho intramolecular Hbond substituents is 1. The summed E-state index contributed by atoms with van der Waals surface area (Å²) in [7, 11) is 0. The Labute approximate surface area is 238 Å². The van der Waals surface area contributed by atoms with Crippen molar-refractivity contribution in [2.24, 2.45) is 0 Å². The first-order valence-electron chi connectivity index (χ1n) is 12.5. The van der Waals surface area contributed by atoms with Crippen molar-refractivity contribution < 1.29 is 23.5 Å². The Kier molecular flexibility index (Phi) is 8.26. The molecule has 0 unspecified atom stereocenters. The van der Waals surface area contributed by atoms with Crippen LogP contribution < -0.4 is 16.3 Å². The minimum atomic E-state index is -0.557. The van der Waals surface area contributed by atoms with Crippen molar-refractivity contribution in [2.45, 2.75) is 10.6 Å². The second-order valence-corrected chi connectivity index (χ2v) is 10.0. The van der Waals surface area contributed by atoms with Crippen molar-refractivity contribution in [3.8, 4) is 5.75 Å². The maximum Gasteiger partial charge on any atom is 0.340 e. The van der Waals surface area contributed by atoms with Crippen molar-refractivity contribution in [3.05, 3.63) is 142 Å². The summed E-state index contributed by atoms with van der Waals surface area (Å²) in [5.41, 5.74) is 1.71. The van der Waals surface area contributed by atoms with Crippen molar-refractivity contribution >= 4 is 46.3 Å². The van der Waals surface area contributed by atoms with Crippen molar-refractivity contribution in [2.75, 3.05) is 5.32 Å². The van der Waals surface area contributed by atoms with Crippen molar-refractivity contribution in [1.82, 2.24) is 5.32 Å². The molecular formula is C32H23FN2O5S. The van der Waals surface area contributed by atoms with Crippen LogP contribution >= 0.6 is 11.8 Å². The van der Waals surface area contributed by atoms with Gasteiger partial charge in [-0.25, -0.2) is 9.18 Å². The molecule has 0 atom stereocenters. The molecule has 4 aromatic carbocycles. The summed E-state index contributed by atoms with van der Waals surface area (Å²) in [6, 6.07) is 27.4. The number of amides is 2. The van der Waals surface area contributed by atoms with E-state index in [0.717, 1.165) is 4.90 Å². The molecule has 3 N–H and O–H groups in total. The zero-order valence-electron chi connectivity index (χ0n) is 21.5. The van der Waals surface area contributed by atoms with E-state index in [1.807, 2.05) is 0 Å². The summed E-state index contributed by atoms with van der Waals surface area (Å²) >= 11 is 1.42. The summed E-state index contributed by atoms with van der Waals surface area (Å²) in [5, 5.41) is 15.7. The first-order valence-corrected chi connectivity index (χ1v) is 13.5. The minimum Gasteiger partial charge on any atom is -0.508 e. The number of anilines is 1. The molecule has 0 aliphatic carbocycles. The summed E-state index contributed by atoms with van der Waals surface area (Å²) in [6.45, 7) is 0. The zero-order chi connectivity index (χ0) is 28.8. The van der Waals surface area contributed by atoms with Gasteiger partial charge in [-0.1, -0.05) is 30.3 Å². The molecule has 204 valence electrons. The normalized spacial score (nSPS) is 11.3. The standard InChI is InChI=1S/C32H23FN2O5S/c33-24-9-6-20(7-10-24)16-28(35-30(37)21-4-2-1-3-5-21)31(38)34-25-11-14-27(15-12-25)41-19-23-17-22-8-13-26(36)18-29(22)40-32(23)39/h1-18,36H,19H2,(H,34,38)(H,35,37)/b28-16-. The summed E-state index contributed by atoms with van der Waals surface area (Å²) in [4.78, 5) is 39.2. The molecule has 1 heterocycles. The highest BCUT2D eigenvalue weighted by Crippen LogP contribution is 2.26. The van der Waals surface area contributed by atoms with Gasteiger partial charge in [-0.15, -0.1) is 11.8 Å². The maximum absolute atomic E-state index is 13.4. The van der Waals surface area contributed by atoms with Crippen LogP contribution in [0.5, 0.6) is 5.75 Å².